The topological polar surface area (TPSA) is 84.7 Å². The number of ether oxygens (including phenoxy) is 2. The van der Waals surface area contributed by atoms with Crippen LogP contribution >= 0.6 is 23.8 Å². The first-order chi connectivity index (χ1) is 12.5. The van der Waals surface area contributed by atoms with Crippen molar-refractivity contribution in [3.05, 3.63) is 51.8 Å². The van der Waals surface area contributed by atoms with Crippen LogP contribution in [-0.2, 0) is 0 Å². The maximum Gasteiger partial charge on any atom is 0.216 e. The molecule has 0 atom stereocenters. The second kappa shape index (κ2) is 7.59. The van der Waals surface area contributed by atoms with Gasteiger partial charge in [-0.2, -0.15) is 14.9 Å². The van der Waals surface area contributed by atoms with Crippen LogP contribution in [0.25, 0.3) is 11.4 Å². The van der Waals surface area contributed by atoms with E-state index in [1.54, 1.807) is 44.6 Å². The lowest BCUT2D eigenvalue weighted by molar-refractivity contribution is 0.395. The number of phenols is 1. The average molecular weight is 391 g/mol. The summed E-state index contributed by atoms with van der Waals surface area (Å²) in [5.41, 5.74) is 1.13. The van der Waals surface area contributed by atoms with Crippen molar-refractivity contribution >= 4 is 30.0 Å². The molecule has 0 saturated heterocycles. The number of nitrogens with one attached hydrogen (secondary N) is 1. The van der Waals surface area contributed by atoms with Crippen LogP contribution in [0.5, 0.6) is 17.2 Å². The lowest BCUT2D eigenvalue weighted by Gasteiger charge is -2.09. The summed E-state index contributed by atoms with van der Waals surface area (Å²) < 4.78 is 12.3. The number of hydrogen-bond acceptors (Lipinski definition) is 6. The van der Waals surface area contributed by atoms with E-state index in [0.29, 0.717) is 33.5 Å². The molecule has 1 heterocycles. The molecule has 3 aromatic rings. The van der Waals surface area contributed by atoms with E-state index in [0.717, 1.165) is 0 Å². The zero-order chi connectivity index (χ0) is 18.7. The van der Waals surface area contributed by atoms with Gasteiger partial charge in [-0.05, 0) is 42.5 Å². The van der Waals surface area contributed by atoms with Crippen molar-refractivity contribution in [1.29, 1.82) is 0 Å². The Hall–Kier alpha value is -2.84. The van der Waals surface area contributed by atoms with Crippen molar-refractivity contribution in [2.45, 2.75) is 0 Å². The van der Waals surface area contributed by atoms with Gasteiger partial charge in [-0.25, -0.2) is 5.10 Å². The summed E-state index contributed by atoms with van der Waals surface area (Å²) in [6.45, 7) is 0. The van der Waals surface area contributed by atoms with Crippen molar-refractivity contribution in [3.8, 4) is 28.6 Å². The SMILES string of the molecule is COc1ccc(-c2n[nH]c(=S)n2/N=C/c2cc(Cl)ccc2O)c(OC)c1. The van der Waals surface area contributed by atoms with Gasteiger partial charge in [-0.1, -0.05) is 11.6 Å². The summed E-state index contributed by atoms with van der Waals surface area (Å²) in [5, 5.41) is 21.7. The number of hydrogen-bond donors (Lipinski definition) is 2. The number of methoxy groups -OCH3 is 2. The van der Waals surface area contributed by atoms with Gasteiger partial charge >= 0.3 is 0 Å². The lowest BCUT2D eigenvalue weighted by Crippen LogP contribution is -1.98. The zero-order valence-electron chi connectivity index (χ0n) is 13.9. The van der Waals surface area contributed by atoms with Crippen LogP contribution in [0.1, 0.15) is 5.56 Å². The summed E-state index contributed by atoms with van der Waals surface area (Å²) in [6.07, 6.45) is 1.45. The molecule has 0 aliphatic carbocycles. The van der Waals surface area contributed by atoms with Gasteiger partial charge in [0.25, 0.3) is 0 Å². The van der Waals surface area contributed by atoms with Gasteiger partial charge in [0.05, 0.1) is 26.0 Å². The summed E-state index contributed by atoms with van der Waals surface area (Å²) >= 11 is 11.2. The van der Waals surface area contributed by atoms with Crippen LogP contribution < -0.4 is 9.47 Å². The highest BCUT2D eigenvalue weighted by Gasteiger charge is 2.14. The highest BCUT2D eigenvalue weighted by atomic mass is 35.5. The molecule has 1 aromatic heterocycles. The third-order valence-corrected chi connectivity index (χ3v) is 4.10. The molecular formula is C17H15ClN4O3S. The summed E-state index contributed by atoms with van der Waals surface area (Å²) in [4.78, 5) is 0. The van der Waals surface area contributed by atoms with Crippen LogP contribution in [-0.4, -0.2) is 40.4 Å². The molecule has 26 heavy (non-hydrogen) atoms. The molecule has 134 valence electrons. The summed E-state index contributed by atoms with van der Waals surface area (Å²) in [7, 11) is 3.13. The number of halogens is 1. The molecule has 0 aliphatic rings. The molecule has 0 radical (unpaired) electrons. The van der Waals surface area contributed by atoms with Crippen molar-refractivity contribution in [1.82, 2.24) is 14.9 Å². The van der Waals surface area contributed by atoms with Gasteiger partial charge in [0.1, 0.15) is 17.2 Å². The molecular weight excluding hydrogens is 376 g/mol. The lowest BCUT2D eigenvalue weighted by atomic mass is 10.2. The van der Waals surface area contributed by atoms with Crippen LogP contribution in [0.3, 0.4) is 0 Å². The maximum atomic E-state index is 9.92. The van der Waals surface area contributed by atoms with Gasteiger partial charge in [-0.15, -0.1) is 0 Å². The van der Waals surface area contributed by atoms with Crippen LogP contribution in [0.4, 0.5) is 0 Å². The number of benzene rings is 2. The second-order valence-electron chi connectivity index (χ2n) is 5.18. The first-order valence-electron chi connectivity index (χ1n) is 7.46. The van der Waals surface area contributed by atoms with Gasteiger partial charge in [0.15, 0.2) is 5.82 Å². The highest BCUT2D eigenvalue weighted by Crippen LogP contribution is 2.32. The van der Waals surface area contributed by atoms with Gasteiger partial charge in [0.2, 0.25) is 4.77 Å². The first-order valence-corrected chi connectivity index (χ1v) is 8.25. The Morgan fingerprint density at radius 1 is 1.23 bits per heavy atom. The summed E-state index contributed by atoms with van der Waals surface area (Å²) in [6, 6.07) is 10.00. The van der Waals surface area contributed by atoms with Gasteiger partial charge in [-0.3, -0.25) is 0 Å². The van der Waals surface area contributed by atoms with E-state index >= 15 is 0 Å². The summed E-state index contributed by atoms with van der Waals surface area (Å²) in [5.74, 6) is 1.71. The van der Waals surface area contributed by atoms with Gasteiger partial charge in [0, 0.05) is 16.7 Å². The van der Waals surface area contributed by atoms with Crippen LogP contribution in [0.2, 0.25) is 5.02 Å². The number of nitrogens with zero attached hydrogens (tertiary/aromatic N) is 3. The molecule has 0 saturated carbocycles. The van der Waals surface area contributed by atoms with E-state index in [-0.39, 0.29) is 10.5 Å². The molecule has 0 amide bonds. The molecule has 0 bridgehead atoms. The first kappa shape index (κ1) is 18.0. The number of rotatable bonds is 5. The minimum atomic E-state index is 0.0525. The number of H-pyrrole nitrogens is 1. The largest absolute Gasteiger partial charge is 0.507 e. The molecule has 2 aromatic carbocycles. The number of phenolic OH excluding ortho intramolecular Hbond substituents is 1. The van der Waals surface area contributed by atoms with Gasteiger partial charge < -0.3 is 14.6 Å². The standard InChI is InChI=1S/C17H15ClN4O3S/c1-24-12-4-5-13(15(8-12)25-2)16-20-21-17(26)22(16)19-9-10-7-11(18)3-6-14(10)23/h3-9,23H,1-2H3,(H,21,26)/b19-9+. The Morgan fingerprint density at radius 2 is 2.04 bits per heavy atom. The van der Waals surface area contributed by atoms with E-state index in [9.17, 15) is 5.11 Å². The molecule has 0 fully saturated rings. The Bertz CT molecular complexity index is 1030. The van der Waals surface area contributed by atoms with Crippen LogP contribution in [0, 0.1) is 4.77 Å². The fraction of sp³-hybridized carbons (Fsp3) is 0.118. The molecule has 3 rings (SSSR count). The molecule has 2 N–H and O–H groups in total. The van der Waals surface area contributed by atoms with E-state index < -0.39 is 0 Å². The maximum absolute atomic E-state index is 9.92. The predicted octanol–water partition coefficient (Wildman–Crippen LogP) is 3.87. The molecule has 7 nitrogen and oxygen atoms in total. The van der Waals surface area contributed by atoms with E-state index in [1.807, 2.05) is 0 Å². The van der Waals surface area contributed by atoms with Crippen molar-refractivity contribution in [2.24, 2.45) is 5.10 Å². The van der Waals surface area contributed by atoms with Crippen LogP contribution in [0.15, 0.2) is 41.5 Å². The normalized spacial score (nSPS) is 11.0. The number of aromatic amines is 1. The molecule has 0 spiro atoms. The molecule has 0 unspecified atom stereocenters. The highest BCUT2D eigenvalue weighted by molar-refractivity contribution is 7.71. The van der Waals surface area contributed by atoms with Crippen molar-refractivity contribution < 1.29 is 14.6 Å². The van der Waals surface area contributed by atoms with Crippen molar-refractivity contribution in [3.63, 3.8) is 0 Å². The Labute approximate surface area is 159 Å². The third kappa shape index (κ3) is 3.56. The third-order valence-electron chi connectivity index (χ3n) is 3.60. The monoisotopic (exact) mass is 390 g/mol. The molecule has 9 heteroatoms. The zero-order valence-corrected chi connectivity index (χ0v) is 15.5. The minimum Gasteiger partial charge on any atom is -0.507 e. The Balaban J connectivity index is 2.07. The Kier molecular flexibility index (Phi) is 5.24. The minimum absolute atomic E-state index is 0.0525. The fourth-order valence-corrected chi connectivity index (χ4v) is 2.66. The van der Waals surface area contributed by atoms with E-state index in [4.69, 9.17) is 33.3 Å². The smallest absolute Gasteiger partial charge is 0.216 e. The predicted molar refractivity (Wildman–Crippen MR) is 102 cm³/mol. The van der Waals surface area contributed by atoms with Crippen molar-refractivity contribution in [2.75, 3.05) is 14.2 Å². The fourth-order valence-electron chi connectivity index (χ4n) is 2.31. The number of aromatic hydroxyl groups is 1. The number of aromatic nitrogens is 3. The average Bonchev–Trinajstić information content (AvgIpc) is 3.02. The Morgan fingerprint density at radius 3 is 2.77 bits per heavy atom. The van der Waals surface area contributed by atoms with E-state index in [2.05, 4.69) is 15.3 Å². The van der Waals surface area contributed by atoms with E-state index in [1.165, 1.54) is 17.0 Å². The quantitative estimate of drug-likeness (QED) is 0.510. The second-order valence-corrected chi connectivity index (χ2v) is 6.00. The molecule has 0 aliphatic heterocycles.